The van der Waals surface area contributed by atoms with Gasteiger partial charge in [0.2, 0.25) is 5.91 Å². The zero-order valence-electron chi connectivity index (χ0n) is 15.1. The van der Waals surface area contributed by atoms with Gasteiger partial charge < -0.3 is 5.32 Å². The topological polar surface area (TPSA) is 90.5 Å². The fraction of sp³-hybridized carbons (Fsp3) is 0.0500. The summed E-state index contributed by atoms with van der Waals surface area (Å²) in [6.45, 7) is 1.93. The van der Waals surface area contributed by atoms with Gasteiger partial charge in [0.1, 0.15) is 6.33 Å². The Labute approximate surface area is 161 Å². The number of para-hydroxylation sites is 1. The summed E-state index contributed by atoms with van der Waals surface area (Å²) in [6.07, 6.45) is 8.31. The number of carbonyl (C=O) groups is 1. The van der Waals surface area contributed by atoms with E-state index in [-0.39, 0.29) is 5.91 Å². The molecule has 0 unspecified atom stereocenters. The van der Waals surface area contributed by atoms with E-state index >= 15 is 0 Å². The molecule has 4 aromatic rings. The van der Waals surface area contributed by atoms with Crippen molar-refractivity contribution in [3.63, 3.8) is 0 Å². The van der Waals surface area contributed by atoms with Crippen molar-refractivity contribution in [2.45, 2.75) is 6.92 Å². The predicted molar refractivity (Wildman–Crippen MR) is 105 cm³/mol. The normalized spacial score (nSPS) is 11.0. The minimum atomic E-state index is -0.220. The Morgan fingerprint density at radius 1 is 1.11 bits per heavy atom. The first kappa shape index (κ1) is 17.3. The van der Waals surface area contributed by atoms with Gasteiger partial charge in [0.15, 0.2) is 0 Å². The van der Waals surface area contributed by atoms with Crippen LogP contribution in [0.3, 0.4) is 0 Å². The molecule has 0 saturated carbocycles. The molecule has 0 aliphatic carbocycles. The lowest BCUT2D eigenvalue weighted by atomic mass is 10.2. The van der Waals surface area contributed by atoms with Crippen LogP contribution in [0.2, 0.25) is 0 Å². The summed E-state index contributed by atoms with van der Waals surface area (Å²) in [5.74, 6) is -0.220. The fourth-order valence-electron chi connectivity index (χ4n) is 2.76. The van der Waals surface area contributed by atoms with Gasteiger partial charge in [-0.15, -0.1) is 5.10 Å². The molecule has 0 bridgehead atoms. The Morgan fingerprint density at radius 2 is 1.96 bits per heavy atom. The summed E-state index contributed by atoms with van der Waals surface area (Å²) < 4.78 is 3.34. The van der Waals surface area contributed by atoms with E-state index in [0.717, 1.165) is 22.5 Å². The number of rotatable bonds is 5. The number of amides is 1. The Hall–Kier alpha value is -4.07. The molecular formula is C20H17N7O. The zero-order chi connectivity index (χ0) is 19.3. The molecule has 1 N–H and O–H groups in total. The SMILES string of the molecule is Cc1cc(NC(=O)/C=C/c2cnn(-c3ccccc3)c2)ccc1-n1cnnn1. The van der Waals surface area contributed by atoms with Crippen molar-refractivity contribution in [2.24, 2.45) is 0 Å². The largest absolute Gasteiger partial charge is 0.323 e. The Kier molecular flexibility index (Phi) is 4.75. The van der Waals surface area contributed by atoms with E-state index in [1.165, 1.54) is 12.4 Å². The third-order valence-corrected chi connectivity index (χ3v) is 4.11. The number of nitrogens with one attached hydrogen (secondary N) is 1. The maximum Gasteiger partial charge on any atom is 0.248 e. The van der Waals surface area contributed by atoms with E-state index in [1.807, 2.05) is 61.7 Å². The molecule has 0 atom stereocenters. The van der Waals surface area contributed by atoms with E-state index in [2.05, 4.69) is 25.9 Å². The van der Waals surface area contributed by atoms with Crippen molar-refractivity contribution in [3.8, 4) is 11.4 Å². The van der Waals surface area contributed by atoms with Crippen LogP contribution in [0.25, 0.3) is 17.5 Å². The van der Waals surface area contributed by atoms with Crippen molar-refractivity contribution in [3.05, 3.63) is 84.5 Å². The van der Waals surface area contributed by atoms with Gasteiger partial charge in [-0.05, 0) is 59.3 Å². The quantitative estimate of drug-likeness (QED) is 0.545. The number of benzene rings is 2. The molecule has 28 heavy (non-hydrogen) atoms. The number of aromatic nitrogens is 6. The third-order valence-electron chi connectivity index (χ3n) is 4.11. The van der Waals surface area contributed by atoms with Gasteiger partial charge in [-0.25, -0.2) is 9.36 Å². The molecule has 2 aromatic heterocycles. The lowest BCUT2D eigenvalue weighted by Crippen LogP contribution is -2.08. The lowest BCUT2D eigenvalue weighted by Gasteiger charge is -2.07. The van der Waals surface area contributed by atoms with Crippen LogP contribution < -0.4 is 5.32 Å². The van der Waals surface area contributed by atoms with Crippen LogP contribution >= 0.6 is 0 Å². The minimum absolute atomic E-state index is 0.220. The van der Waals surface area contributed by atoms with Gasteiger partial charge in [0, 0.05) is 23.5 Å². The van der Waals surface area contributed by atoms with Crippen molar-refractivity contribution in [1.82, 2.24) is 30.0 Å². The van der Waals surface area contributed by atoms with Gasteiger partial charge in [0.25, 0.3) is 0 Å². The van der Waals surface area contributed by atoms with Crippen LogP contribution in [-0.4, -0.2) is 35.9 Å². The number of aryl methyl sites for hydroxylation is 1. The summed E-state index contributed by atoms with van der Waals surface area (Å²) in [7, 11) is 0. The monoisotopic (exact) mass is 371 g/mol. The van der Waals surface area contributed by atoms with Gasteiger partial charge in [-0.2, -0.15) is 5.10 Å². The Morgan fingerprint density at radius 3 is 2.71 bits per heavy atom. The van der Waals surface area contributed by atoms with E-state index < -0.39 is 0 Å². The molecule has 0 fully saturated rings. The average Bonchev–Trinajstić information content (AvgIpc) is 3.39. The first-order valence-electron chi connectivity index (χ1n) is 8.62. The molecule has 1 amide bonds. The maximum absolute atomic E-state index is 12.2. The van der Waals surface area contributed by atoms with Gasteiger partial charge in [-0.3, -0.25) is 4.79 Å². The van der Waals surface area contributed by atoms with Crippen molar-refractivity contribution in [2.75, 3.05) is 5.32 Å². The molecule has 4 rings (SSSR count). The number of tetrazole rings is 1. The standard InChI is InChI=1S/C20H17N7O/c1-15-11-17(8-9-19(15)27-14-21-24-25-27)23-20(28)10-7-16-12-22-26(13-16)18-5-3-2-4-6-18/h2-14H,1H3,(H,23,28)/b10-7+. The molecule has 8 heteroatoms. The van der Waals surface area contributed by atoms with E-state index in [1.54, 1.807) is 21.6 Å². The second kappa shape index (κ2) is 7.67. The summed E-state index contributed by atoms with van der Waals surface area (Å²) in [5, 5.41) is 18.3. The summed E-state index contributed by atoms with van der Waals surface area (Å²) in [4.78, 5) is 12.2. The van der Waals surface area contributed by atoms with Gasteiger partial charge in [0.05, 0.1) is 17.6 Å². The molecule has 2 aromatic carbocycles. The van der Waals surface area contributed by atoms with Gasteiger partial charge in [-0.1, -0.05) is 18.2 Å². The summed E-state index contributed by atoms with van der Waals surface area (Å²) >= 11 is 0. The maximum atomic E-state index is 12.2. The molecule has 2 heterocycles. The number of carbonyl (C=O) groups excluding carboxylic acids is 1. The molecule has 8 nitrogen and oxygen atoms in total. The van der Waals surface area contributed by atoms with E-state index in [0.29, 0.717) is 5.69 Å². The molecular weight excluding hydrogens is 354 g/mol. The lowest BCUT2D eigenvalue weighted by molar-refractivity contribution is -0.111. The zero-order valence-corrected chi connectivity index (χ0v) is 15.1. The second-order valence-electron chi connectivity index (χ2n) is 6.13. The molecule has 0 radical (unpaired) electrons. The first-order chi connectivity index (χ1) is 13.7. The van der Waals surface area contributed by atoms with Crippen molar-refractivity contribution >= 4 is 17.7 Å². The average molecular weight is 371 g/mol. The molecule has 0 aliphatic rings. The summed E-state index contributed by atoms with van der Waals surface area (Å²) in [6, 6.07) is 15.3. The third kappa shape index (κ3) is 3.85. The highest BCUT2D eigenvalue weighted by Crippen LogP contribution is 2.18. The highest BCUT2D eigenvalue weighted by Gasteiger charge is 2.05. The second-order valence-corrected chi connectivity index (χ2v) is 6.13. The van der Waals surface area contributed by atoms with Crippen LogP contribution in [-0.2, 0) is 4.79 Å². The molecule has 0 saturated heterocycles. The Balaban J connectivity index is 1.42. The van der Waals surface area contributed by atoms with Crippen LogP contribution in [0.1, 0.15) is 11.1 Å². The van der Waals surface area contributed by atoms with Crippen LogP contribution in [0.15, 0.2) is 73.3 Å². The van der Waals surface area contributed by atoms with Crippen LogP contribution in [0.5, 0.6) is 0 Å². The minimum Gasteiger partial charge on any atom is -0.323 e. The fourth-order valence-corrected chi connectivity index (χ4v) is 2.76. The number of hydrogen-bond donors (Lipinski definition) is 1. The highest BCUT2D eigenvalue weighted by molar-refractivity contribution is 6.02. The van der Waals surface area contributed by atoms with Crippen LogP contribution in [0.4, 0.5) is 5.69 Å². The van der Waals surface area contributed by atoms with E-state index in [9.17, 15) is 4.79 Å². The molecule has 0 aliphatic heterocycles. The van der Waals surface area contributed by atoms with Crippen molar-refractivity contribution in [1.29, 1.82) is 0 Å². The smallest absolute Gasteiger partial charge is 0.248 e. The highest BCUT2D eigenvalue weighted by atomic mass is 16.1. The Bertz CT molecular complexity index is 1110. The number of hydrogen-bond acceptors (Lipinski definition) is 5. The van der Waals surface area contributed by atoms with Crippen LogP contribution in [0, 0.1) is 6.92 Å². The molecule has 138 valence electrons. The van der Waals surface area contributed by atoms with Crippen molar-refractivity contribution < 1.29 is 4.79 Å². The summed E-state index contributed by atoms with van der Waals surface area (Å²) in [5.41, 5.74) is 4.29. The van der Waals surface area contributed by atoms with Gasteiger partial charge >= 0.3 is 0 Å². The first-order valence-corrected chi connectivity index (χ1v) is 8.62. The number of anilines is 1. The van der Waals surface area contributed by atoms with E-state index in [4.69, 9.17) is 0 Å². The predicted octanol–water partition coefficient (Wildman–Crippen LogP) is 2.81. The molecule has 0 spiro atoms. The number of nitrogens with zero attached hydrogens (tertiary/aromatic N) is 6.